The lowest BCUT2D eigenvalue weighted by Crippen LogP contribution is -2.35. The van der Waals surface area contributed by atoms with E-state index in [0.29, 0.717) is 6.61 Å². The van der Waals surface area contributed by atoms with Gasteiger partial charge in [0.15, 0.2) is 0 Å². The molecule has 0 unspecified atom stereocenters. The lowest BCUT2D eigenvalue weighted by molar-refractivity contribution is -0.124. The highest BCUT2D eigenvalue weighted by Gasteiger charge is 2.24. The first-order valence-corrected chi connectivity index (χ1v) is 4.71. The van der Waals surface area contributed by atoms with Crippen LogP contribution in [0.1, 0.15) is 32.6 Å². The summed E-state index contributed by atoms with van der Waals surface area (Å²) in [6.45, 7) is 2.00. The van der Waals surface area contributed by atoms with Crippen LogP contribution in [0.5, 0.6) is 0 Å². The predicted octanol–water partition coefficient (Wildman–Crippen LogP) is 1.45. The van der Waals surface area contributed by atoms with Gasteiger partial charge in [0, 0.05) is 5.92 Å². The van der Waals surface area contributed by atoms with Crippen LogP contribution in [-0.4, -0.2) is 18.6 Å². The maximum absolute atomic E-state index is 11.3. The summed E-state index contributed by atoms with van der Waals surface area (Å²) in [4.78, 5) is 22.2. The average molecular weight is 185 g/mol. The minimum absolute atomic E-state index is 0.0180. The zero-order valence-electron chi connectivity index (χ0n) is 7.84. The third-order valence-corrected chi connectivity index (χ3v) is 2.23. The molecule has 1 aliphatic carbocycles. The van der Waals surface area contributed by atoms with Crippen molar-refractivity contribution in [3.05, 3.63) is 0 Å². The Morgan fingerprint density at radius 3 is 2.54 bits per heavy atom. The third kappa shape index (κ3) is 3.05. The lowest BCUT2D eigenvalue weighted by atomic mass is 10.1. The Balaban J connectivity index is 2.27. The van der Waals surface area contributed by atoms with E-state index in [0.717, 1.165) is 25.7 Å². The van der Waals surface area contributed by atoms with Gasteiger partial charge in [0.2, 0.25) is 5.91 Å². The van der Waals surface area contributed by atoms with E-state index in [-0.39, 0.29) is 11.8 Å². The van der Waals surface area contributed by atoms with E-state index in [9.17, 15) is 9.59 Å². The van der Waals surface area contributed by atoms with E-state index >= 15 is 0 Å². The molecule has 4 nitrogen and oxygen atoms in total. The van der Waals surface area contributed by atoms with E-state index in [1.165, 1.54) is 0 Å². The molecule has 1 rings (SSSR count). The zero-order chi connectivity index (χ0) is 9.68. The number of hydrogen-bond donors (Lipinski definition) is 1. The van der Waals surface area contributed by atoms with Crippen molar-refractivity contribution >= 4 is 12.0 Å². The summed E-state index contributed by atoms with van der Waals surface area (Å²) in [5, 5.41) is 2.22. The standard InChI is InChI=1S/C9H15NO3/c1-2-13-9(12)10-8(11)7-5-3-4-6-7/h7H,2-6H2,1H3,(H,10,11,12). The summed E-state index contributed by atoms with van der Waals surface area (Å²) >= 11 is 0. The van der Waals surface area contributed by atoms with Crippen molar-refractivity contribution in [3.63, 3.8) is 0 Å². The maximum Gasteiger partial charge on any atom is 0.413 e. The van der Waals surface area contributed by atoms with E-state index in [1.54, 1.807) is 6.92 Å². The number of carbonyl (C=O) groups excluding carboxylic acids is 2. The van der Waals surface area contributed by atoms with Crippen LogP contribution < -0.4 is 5.32 Å². The van der Waals surface area contributed by atoms with Crippen LogP contribution >= 0.6 is 0 Å². The Bertz CT molecular complexity index is 197. The predicted molar refractivity (Wildman–Crippen MR) is 47.1 cm³/mol. The average Bonchev–Trinajstić information content (AvgIpc) is 2.55. The summed E-state index contributed by atoms with van der Waals surface area (Å²) in [5.41, 5.74) is 0. The first-order chi connectivity index (χ1) is 6.24. The summed E-state index contributed by atoms with van der Waals surface area (Å²) in [6.07, 6.45) is 3.33. The van der Waals surface area contributed by atoms with Crippen LogP contribution in [0.25, 0.3) is 0 Å². The van der Waals surface area contributed by atoms with Gasteiger partial charge in [-0.15, -0.1) is 0 Å². The molecule has 0 aromatic heterocycles. The molecule has 0 aromatic carbocycles. The number of carbonyl (C=O) groups is 2. The first-order valence-electron chi connectivity index (χ1n) is 4.71. The van der Waals surface area contributed by atoms with Gasteiger partial charge in [0.1, 0.15) is 0 Å². The van der Waals surface area contributed by atoms with E-state index in [4.69, 9.17) is 0 Å². The fourth-order valence-electron chi connectivity index (χ4n) is 1.56. The Morgan fingerprint density at radius 2 is 2.00 bits per heavy atom. The molecule has 0 aromatic rings. The molecule has 1 fully saturated rings. The molecule has 1 N–H and O–H groups in total. The van der Waals surface area contributed by atoms with Crippen molar-refractivity contribution in [2.24, 2.45) is 5.92 Å². The van der Waals surface area contributed by atoms with Crippen molar-refractivity contribution in [2.75, 3.05) is 6.61 Å². The molecule has 4 heteroatoms. The molecule has 1 aliphatic rings. The van der Waals surface area contributed by atoms with Gasteiger partial charge in [-0.05, 0) is 19.8 Å². The monoisotopic (exact) mass is 185 g/mol. The molecule has 0 radical (unpaired) electrons. The highest BCUT2D eigenvalue weighted by Crippen LogP contribution is 2.24. The fourth-order valence-corrected chi connectivity index (χ4v) is 1.56. The number of amides is 2. The van der Waals surface area contributed by atoms with Gasteiger partial charge in [-0.25, -0.2) is 4.79 Å². The summed E-state index contributed by atoms with van der Waals surface area (Å²) < 4.78 is 4.60. The van der Waals surface area contributed by atoms with E-state index < -0.39 is 6.09 Å². The van der Waals surface area contributed by atoms with Crippen LogP contribution in [0.3, 0.4) is 0 Å². The Kier molecular flexibility index (Phi) is 3.73. The first kappa shape index (κ1) is 10.0. The van der Waals surface area contributed by atoms with Crippen molar-refractivity contribution in [1.29, 1.82) is 0 Å². The molecule has 0 saturated heterocycles. The molecule has 74 valence electrons. The highest BCUT2D eigenvalue weighted by atomic mass is 16.5. The van der Waals surface area contributed by atoms with Crippen LogP contribution in [0.2, 0.25) is 0 Å². The van der Waals surface area contributed by atoms with Gasteiger partial charge in [-0.1, -0.05) is 12.8 Å². The molecule has 2 amide bonds. The second-order valence-electron chi connectivity index (χ2n) is 3.19. The molecule has 0 atom stereocenters. The van der Waals surface area contributed by atoms with Gasteiger partial charge >= 0.3 is 6.09 Å². The smallest absolute Gasteiger partial charge is 0.413 e. The topological polar surface area (TPSA) is 55.4 Å². The lowest BCUT2D eigenvalue weighted by Gasteiger charge is -2.08. The Morgan fingerprint density at radius 1 is 1.38 bits per heavy atom. The maximum atomic E-state index is 11.3. The minimum Gasteiger partial charge on any atom is -0.450 e. The van der Waals surface area contributed by atoms with Crippen LogP contribution in [0, 0.1) is 5.92 Å². The number of alkyl carbamates (subject to hydrolysis) is 1. The van der Waals surface area contributed by atoms with Gasteiger partial charge in [-0.3, -0.25) is 10.1 Å². The van der Waals surface area contributed by atoms with Crippen molar-refractivity contribution in [2.45, 2.75) is 32.6 Å². The second-order valence-corrected chi connectivity index (χ2v) is 3.19. The molecule has 13 heavy (non-hydrogen) atoms. The van der Waals surface area contributed by atoms with Gasteiger partial charge in [-0.2, -0.15) is 0 Å². The Labute approximate surface area is 77.6 Å². The third-order valence-electron chi connectivity index (χ3n) is 2.23. The normalized spacial score (nSPS) is 17.0. The summed E-state index contributed by atoms with van der Waals surface area (Å²) in [7, 11) is 0. The van der Waals surface area contributed by atoms with Crippen LogP contribution in [-0.2, 0) is 9.53 Å². The van der Waals surface area contributed by atoms with E-state index in [2.05, 4.69) is 10.1 Å². The SMILES string of the molecule is CCOC(=O)NC(=O)C1CCCC1. The Hall–Kier alpha value is -1.06. The zero-order valence-corrected chi connectivity index (χ0v) is 7.84. The highest BCUT2D eigenvalue weighted by molar-refractivity contribution is 5.93. The second kappa shape index (κ2) is 4.84. The number of ether oxygens (including phenoxy) is 1. The molecular weight excluding hydrogens is 170 g/mol. The van der Waals surface area contributed by atoms with Crippen molar-refractivity contribution in [3.8, 4) is 0 Å². The molecular formula is C9H15NO3. The van der Waals surface area contributed by atoms with Gasteiger partial charge in [0.25, 0.3) is 0 Å². The summed E-state index contributed by atoms with van der Waals surface area (Å²) in [6, 6.07) is 0. The minimum atomic E-state index is -0.626. The molecule has 0 bridgehead atoms. The fraction of sp³-hybridized carbons (Fsp3) is 0.778. The summed E-state index contributed by atoms with van der Waals surface area (Å²) in [5.74, 6) is -0.166. The van der Waals surface area contributed by atoms with Gasteiger partial charge in [0.05, 0.1) is 6.61 Å². The largest absolute Gasteiger partial charge is 0.450 e. The van der Waals surface area contributed by atoms with Gasteiger partial charge < -0.3 is 4.74 Å². The number of nitrogens with one attached hydrogen (secondary N) is 1. The number of rotatable bonds is 2. The molecule has 1 saturated carbocycles. The van der Waals surface area contributed by atoms with Crippen LogP contribution in [0.15, 0.2) is 0 Å². The van der Waals surface area contributed by atoms with Crippen molar-refractivity contribution in [1.82, 2.24) is 5.32 Å². The quantitative estimate of drug-likeness (QED) is 0.708. The van der Waals surface area contributed by atoms with Crippen molar-refractivity contribution < 1.29 is 14.3 Å². The van der Waals surface area contributed by atoms with Crippen LogP contribution in [0.4, 0.5) is 4.79 Å². The number of hydrogen-bond acceptors (Lipinski definition) is 3. The van der Waals surface area contributed by atoms with E-state index in [1.807, 2.05) is 0 Å². The molecule has 0 aliphatic heterocycles. The molecule has 0 heterocycles. The number of imide groups is 1. The molecule has 0 spiro atoms.